The van der Waals surface area contributed by atoms with Crippen LogP contribution in [0.25, 0.3) is 21.9 Å². The second kappa shape index (κ2) is 12.2. The van der Waals surface area contributed by atoms with Gasteiger partial charge in [-0.1, -0.05) is 121 Å². The van der Waals surface area contributed by atoms with E-state index < -0.39 is 14.3 Å². The van der Waals surface area contributed by atoms with Crippen LogP contribution in [-0.4, -0.2) is 0 Å². The van der Waals surface area contributed by atoms with Crippen molar-refractivity contribution in [2.24, 2.45) is 0 Å². The SMILES string of the molecule is Cc1cc(P(=O)(c2ccccc2)c2ccccc2)cc2c1oc1ccc(P(=O)(C3=CCC/C=C\CC=C3)c3ccccc3)cc12. The Labute approximate surface area is 264 Å². The second-order valence-corrected chi connectivity index (χ2v) is 17.0. The lowest BCUT2D eigenvalue weighted by Crippen LogP contribution is -2.25. The molecule has 0 N–H and O–H groups in total. The van der Waals surface area contributed by atoms with E-state index in [0.29, 0.717) is 5.58 Å². The zero-order valence-electron chi connectivity index (χ0n) is 25.2. The van der Waals surface area contributed by atoms with Crippen LogP contribution in [0.3, 0.4) is 0 Å². The average Bonchev–Trinajstić information content (AvgIpc) is 3.53. The van der Waals surface area contributed by atoms with Crippen LogP contribution in [0.5, 0.6) is 0 Å². The molecular formula is C40H34O3P2. The van der Waals surface area contributed by atoms with Gasteiger partial charge < -0.3 is 13.5 Å². The molecule has 222 valence electrons. The summed E-state index contributed by atoms with van der Waals surface area (Å²) in [5.41, 5.74) is 2.37. The van der Waals surface area contributed by atoms with Crippen molar-refractivity contribution < 1.29 is 13.5 Å². The number of benzene rings is 5. The topological polar surface area (TPSA) is 47.3 Å². The standard InChI is InChI=1S/C40H34O3P2/c1-30-27-36(45(42,33-21-13-7-14-22-33)34-23-15-8-16-24-34)29-38-37-28-35(25-26-39(37)43-40(30)38)44(41,32-19-11-6-12-20-32)31-17-9-4-2-3-5-10-18-31/h2-3,6-9,11-29H,4-5,10H2,1H3/b3-2-,17-9?,31-18?. The predicted octanol–water partition coefficient (Wildman–Crippen LogP) is 9.03. The summed E-state index contributed by atoms with van der Waals surface area (Å²) in [6.07, 6.45) is 13.2. The molecule has 6 aromatic rings. The Kier molecular flexibility index (Phi) is 7.92. The van der Waals surface area contributed by atoms with Crippen molar-refractivity contribution in [3.63, 3.8) is 0 Å². The summed E-state index contributed by atoms with van der Waals surface area (Å²) >= 11 is 0. The normalized spacial score (nSPS) is 16.0. The first kappa shape index (κ1) is 29.3. The average molecular weight is 625 g/mol. The molecule has 0 amide bonds. The fourth-order valence-electron chi connectivity index (χ4n) is 6.31. The zero-order chi connectivity index (χ0) is 30.9. The fourth-order valence-corrected chi connectivity index (χ4v) is 11.9. The molecule has 1 atom stereocenters. The third-order valence-electron chi connectivity index (χ3n) is 8.59. The molecule has 0 spiro atoms. The van der Waals surface area contributed by atoms with Crippen molar-refractivity contribution >= 4 is 62.7 Å². The van der Waals surface area contributed by atoms with E-state index in [9.17, 15) is 0 Å². The molecule has 0 bridgehead atoms. The lowest BCUT2D eigenvalue weighted by atomic mass is 10.1. The van der Waals surface area contributed by atoms with Crippen LogP contribution in [0.4, 0.5) is 0 Å². The molecule has 7 rings (SSSR count). The van der Waals surface area contributed by atoms with E-state index in [0.717, 1.165) is 73.0 Å². The van der Waals surface area contributed by atoms with E-state index in [-0.39, 0.29) is 0 Å². The van der Waals surface area contributed by atoms with Gasteiger partial charge in [-0.15, -0.1) is 0 Å². The molecule has 0 fully saturated rings. The molecule has 1 heterocycles. The lowest BCUT2D eigenvalue weighted by molar-refractivity contribution is 0.590. The predicted molar refractivity (Wildman–Crippen MR) is 191 cm³/mol. The zero-order valence-corrected chi connectivity index (χ0v) is 27.0. The number of furan rings is 1. The Hall–Kier alpha value is -4.42. The Balaban J connectivity index is 1.47. The third kappa shape index (κ3) is 5.21. The van der Waals surface area contributed by atoms with Crippen LogP contribution in [-0.2, 0) is 9.13 Å². The van der Waals surface area contributed by atoms with E-state index in [1.807, 2.05) is 134 Å². The third-order valence-corrected chi connectivity index (χ3v) is 14.7. The highest BCUT2D eigenvalue weighted by atomic mass is 31.2. The van der Waals surface area contributed by atoms with Gasteiger partial charge >= 0.3 is 0 Å². The summed E-state index contributed by atoms with van der Waals surface area (Å²) in [4.78, 5) is 0. The molecule has 0 aliphatic heterocycles. The number of rotatable bonds is 6. The molecular weight excluding hydrogens is 590 g/mol. The molecule has 3 nitrogen and oxygen atoms in total. The highest BCUT2D eigenvalue weighted by Crippen LogP contribution is 2.53. The summed E-state index contributed by atoms with van der Waals surface area (Å²) in [5.74, 6) is 0. The number of fused-ring (bicyclic) bond motifs is 3. The van der Waals surface area contributed by atoms with E-state index in [4.69, 9.17) is 4.42 Å². The van der Waals surface area contributed by atoms with Gasteiger partial charge in [-0.25, -0.2) is 0 Å². The fraction of sp³-hybridized carbons (Fsp3) is 0.100. The molecule has 5 heteroatoms. The molecule has 1 unspecified atom stereocenters. The molecule has 1 aliphatic carbocycles. The molecule has 0 radical (unpaired) electrons. The summed E-state index contributed by atoms with van der Waals surface area (Å²) in [5, 5.41) is 6.45. The number of hydrogen-bond acceptors (Lipinski definition) is 3. The first-order valence-corrected chi connectivity index (χ1v) is 18.8. The van der Waals surface area contributed by atoms with Gasteiger partial charge in [0.15, 0.2) is 14.3 Å². The summed E-state index contributed by atoms with van der Waals surface area (Å²) in [7, 11) is -6.43. The minimum atomic E-state index is -3.23. The lowest BCUT2D eigenvalue weighted by Gasteiger charge is -2.21. The summed E-state index contributed by atoms with van der Waals surface area (Å²) in [6, 6.07) is 39.2. The van der Waals surface area contributed by atoms with Gasteiger partial charge in [0.1, 0.15) is 11.2 Å². The molecule has 0 saturated heterocycles. The van der Waals surface area contributed by atoms with Crippen molar-refractivity contribution in [1.82, 2.24) is 0 Å². The van der Waals surface area contributed by atoms with Crippen molar-refractivity contribution in [1.29, 1.82) is 0 Å². The van der Waals surface area contributed by atoms with Crippen molar-refractivity contribution in [3.8, 4) is 0 Å². The maximum Gasteiger partial charge on any atom is 0.171 e. The minimum Gasteiger partial charge on any atom is -0.456 e. The van der Waals surface area contributed by atoms with Gasteiger partial charge in [0.05, 0.1) is 0 Å². The van der Waals surface area contributed by atoms with Crippen LogP contribution in [0.2, 0.25) is 0 Å². The van der Waals surface area contributed by atoms with Gasteiger partial charge in [0, 0.05) is 42.6 Å². The van der Waals surface area contributed by atoms with Gasteiger partial charge in [-0.3, -0.25) is 0 Å². The van der Waals surface area contributed by atoms with Gasteiger partial charge in [0.25, 0.3) is 0 Å². The Morgan fingerprint density at radius 2 is 1.16 bits per heavy atom. The van der Waals surface area contributed by atoms with Gasteiger partial charge in [-0.2, -0.15) is 0 Å². The van der Waals surface area contributed by atoms with E-state index >= 15 is 9.13 Å². The van der Waals surface area contributed by atoms with Gasteiger partial charge in [-0.05, 0) is 62.1 Å². The van der Waals surface area contributed by atoms with Crippen LogP contribution < -0.4 is 26.5 Å². The molecule has 0 saturated carbocycles. The first-order valence-electron chi connectivity index (χ1n) is 15.4. The second-order valence-electron chi connectivity index (χ2n) is 11.5. The van der Waals surface area contributed by atoms with Crippen LogP contribution in [0.15, 0.2) is 161 Å². The summed E-state index contributed by atoms with van der Waals surface area (Å²) < 4.78 is 37.2. The van der Waals surface area contributed by atoms with E-state index in [1.54, 1.807) is 0 Å². The van der Waals surface area contributed by atoms with Crippen LogP contribution in [0, 0.1) is 6.92 Å². The Bertz CT molecular complexity index is 2150. The smallest absolute Gasteiger partial charge is 0.171 e. The molecule has 1 aromatic heterocycles. The number of aryl methyl sites for hydroxylation is 1. The Morgan fingerprint density at radius 3 is 1.80 bits per heavy atom. The quantitative estimate of drug-likeness (QED) is 0.137. The number of hydrogen-bond donors (Lipinski definition) is 0. The van der Waals surface area contributed by atoms with Crippen LogP contribution in [0.1, 0.15) is 24.8 Å². The summed E-state index contributed by atoms with van der Waals surface area (Å²) in [6.45, 7) is 2.01. The maximum atomic E-state index is 15.5. The van der Waals surface area contributed by atoms with Crippen LogP contribution >= 0.6 is 14.3 Å². The highest BCUT2D eigenvalue weighted by molar-refractivity contribution is 7.85. The van der Waals surface area contributed by atoms with E-state index in [2.05, 4.69) is 24.3 Å². The highest BCUT2D eigenvalue weighted by Gasteiger charge is 2.33. The molecule has 5 aromatic carbocycles. The van der Waals surface area contributed by atoms with E-state index in [1.165, 1.54) is 0 Å². The minimum absolute atomic E-state index is 0.714. The first-order chi connectivity index (χ1) is 22.0. The van der Waals surface area contributed by atoms with Crippen molar-refractivity contribution in [2.45, 2.75) is 26.2 Å². The number of allylic oxidation sites excluding steroid dienone is 6. The van der Waals surface area contributed by atoms with Gasteiger partial charge in [0.2, 0.25) is 0 Å². The maximum absolute atomic E-state index is 15.5. The Morgan fingerprint density at radius 1 is 0.556 bits per heavy atom. The molecule has 1 aliphatic rings. The monoisotopic (exact) mass is 624 g/mol. The van der Waals surface area contributed by atoms with Crippen molar-refractivity contribution in [3.05, 3.63) is 163 Å². The molecule has 45 heavy (non-hydrogen) atoms. The largest absolute Gasteiger partial charge is 0.456 e. The van der Waals surface area contributed by atoms with Crippen molar-refractivity contribution in [2.75, 3.05) is 0 Å².